The summed E-state index contributed by atoms with van der Waals surface area (Å²) in [5.74, 6) is -0.286. The lowest BCUT2D eigenvalue weighted by Crippen LogP contribution is -2.06. The molecule has 3 heteroatoms. The molecule has 0 aliphatic carbocycles. The van der Waals surface area contributed by atoms with Crippen molar-refractivity contribution in [2.75, 3.05) is 11.9 Å². The lowest BCUT2D eigenvalue weighted by molar-refractivity contribution is 0.0526. The van der Waals surface area contributed by atoms with E-state index in [1.54, 1.807) is 13.0 Å². The molecule has 0 aliphatic heterocycles. The first-order valence-electron chi connectivity index (χ1n) is 6.75. The fraction of sp³-hybridized carbons (Fsp3) is 0.235. The van der Waals surface area contributed by atoms with Crippen LogP contribution in [0.2, 0.25) is 0 Å². The number of hydrogen-bond donors (Lipinski definition) is 1. The number of nitrogens with one attached hydrogen (secondary N) is 1. The van der Waals surface area contributed by atoms with Crippen molar-refractivity contribution in [1.82, 2.24) is 0 Å². The Hall–Kier alpha value is -2.29. The van der Waals surface area contributed by atoms with Crippen LogP contribution >= 0.6 is 0 Å². The molecular formula is C17H19NO2. The van der Waals surface area contributed by atoms with Crippen LogP contribution in [0.5, 0.6) is 0 Å². The number of benzene rings is 2. The van der Waals surface area contributed by atoms with Crippen LogP contribution in [0, 0.1) is 6.92 Å². The van der Waals surface area contributed by atoms with Crippen LogP contribution in [0.4, 0.5) is 5.69 Å². The Balaban J connectivity index is 2.01. The molecule has 0 atom stereocenters. The summed E-state index contributed by atoms with van der Waals surface area (Å²) in [5, 5.41) is 3.31. The first-order chi connectivity index (χ1) is 9.69. The smallest absolute Gasteiger partial charge is 0.338 e. The van der Waals surface area contributed by atoms with E-state index in [1.165, 1.54) is 11.1 Å². The Morgan fingerprint density at radius 2 is 1.90 bits per heavy atom. The number of aryl methyl sites for hydroxylation is 1. The molecule has 0 radical (unpaired) electrons. The Labute approximate surface area is 119 Å². The Morgan fingerprint density at radius 3 is 2.60 bits per heavy atom. The minimum Gasteiger partial charge on any atom is -0.462 e. The quantitative estimate of drug-likeness (QED) is 0.839. The van der Waals surface area contributed by atoms with E-state index in [0.717, 1.165) is 12.2 Å². The molecule has 0 aromatic heterocycles. The van der Waals surface area contributed by atoms with Crippen LogP contribution in [0.25, 0.3) is 0 Å². The molecule has 0 fully saturated rings. The number of rotatable bonds is 5. The number of ether oxygens (including phenoxy) is 1. The molecule has 20 heavy (non-hydrogen) atoms. The molecule has 0 heterocycles. The largest absolute Gasteiger partial charge is 0.462 e. The van der Waals surface area contributed by atoms with Crippen LogP contribution < -0.4 is 5.32 Å². The van der Waals surface area contributed by atoms with Crippen LogP contribution in [0.15, 0.2) is 48.5 Å². The number of carbonyl (C=O) groups excluding carboxylic acids is 1. The summed E-state index contributed by atoms with van der Waals surface area (Å²) >= 11 is 0. The third-order valence-electron chi connectivity index (χ3n) is 2.99. The van der Waals surface area contributed by atoms with E-state index in [0.29, 0.717) is 12.2 Å². The molecule has 2 aromatic carbocycles. The predicted molar refractivity (Wildman–Crippen MR) is 80.9 cm³/mol. The van der Waals surface area contributed by atoms with Gasteiger partial charge in [-0.2, -0.15) is 0 Å². The van der Waals surface area contributed by atoms with Gasteiger partial charge in [-0.15, -0.1) is 0 Å². The van der Waals surface area contributed by atoms with Crippen molar-refractivity contribution in [3.05, 3.63) is 65.2 Å². The van der Waals surface area contributed by atoms with Crippen molar-refractivity contribution in [2.45, 2.75) is 20.4 Å². The van der Waals surface area contributed by atoms with Crippen LogP contribution in [-0.2, 0) is 11.3 Å². The van der Waals surface area contributed by atoms with Crippen molar-refractivity contribution in [1.29, 1.82) is 0 Å². The maximum atomic E-state index is 11.7. The molecule has 104 valence electrons. The Bertz CT molecular complexity index is 576. The summed E-state index contributed by atoms with van der Waals surface area (Å²) < 4.78 is 4.99. The molecular weight excluding hydrogens is 250 g/mol. The highest BCUT2D eigenvalue weighted by atomic mass is 16.5. The zero-order valence-corrected chi connectivity index (χ0v) is 11.8. The van der Waals surface area contributed by atoms with Crippen molar-refractivity contribution in [2.24, 2.45) is 0 Å². The van der Waals surface area contributed by atoms with E-state index in [2.05, 4.69) is 36.5 Å². The molecule has 0 saturated heterocycles. The normalized spacial score (nSPS) is 10.1. The van der Waals surface area contributed by atoms with Gasteiger partial charge in [0, 0.05) is 12.2 Å². The van der Waals surface area contributed by atoms with Crippen molar-refractivity contribution in [3.63, 3.8) is 0 Å². The van der Waals surface area contributed by atoms with Gasteiger partial charge in [0.1, 0.15) is 0 Å². The summed E-state index contributed by atoms with van der Waals surface area (Å²) in [6.07, 6.45) is 0. The highest BCUT2D eigenvalue weighted by Crippen LogP contribution is 2.13. The van der Waals surface area contributed by atoms with Gasteiger partial charge in [-0.05, 0) is 37.6 Å². The second-order valence-electron chi connectivity index (χ2n) is 4.64. The lowest BCUT2D eigenvalue weighted by atomic mass is 10.1. The van der Waals surface area contributed by atoms with E-state index < -0.39 is 0 Å². The van der Waals surface area contributed by atoms with Gasteiger partial charge in [0.25, 0.3) is 0 Å². The van der Waals surface area contributed by atoms with Gasteiger partial charge >= 0.3 is 5.97 Å². The van der Waals surface area contributed by atoms with Gasteiger partial charge in [0.05, 0.1) is 12.2 Å². The second-order valence-corrected chi connectivity index (χ2v) is 4.64. The van der Waals surface area contributed by atoms with Gasteiger partial charge < -0.3 is 10.1 Å². The topological polar surface area (TPSA) is 38.3 Å². The van der Waals surface area contributed by atoms with Crippen molar-refractivity contribution < 1.29 is 9.53 Å². The summed E-state index contributed by atoms with van der Waals surface area (Å²) in [5.41, 5.74) is 3.94. The van der Waals surface area contributed by atoms with Gasteiger partial charge in [-0.3, -0.25) is 0 Å². The average molecular weight is 269 g/mol. The standard InChI is InChI=1S/C17H19NO2/c1-3-20-17(19)15-5-4-6-16(11-15)18-12-14-9-7-13(2)8-10-14/h4-11,18H,3,12H2,1-2H3. The van der Waals surface area contributed by atoms with Gasteiger partial charge in [0.2, 0.25) is 0 Å². The van der Waals surface area contributed by atoms with E-state index >= 15 is 0 Å². The summed E-state index contributed by atoms with van der Waals surface area (Å²) in [6.45, 7) is 4.99. The zero-order chi connectivity index (χ0) is 14.4. The van der Waals surface area contributed by atoms with Crippen LogP contribution in [0.3, 0.4) is 0 Å². The molecule has 0 spiro atoms. The molecule has 2 aromatic rings. The third-order valence-corrected chi connectivity index (χ3v) is 2.99. The highest BCUT2D eigenvalue weighted by Gasteiger charge is 2.06. The highest BCUT2D eigenvalue weighted by molar-refractivity contribution is 5.90. The maximum Gasteiger partial charge on any atom is 0.338 e. The summed E-state index contributed by atoms with van der Waals surface area (Å²) in [4.78, 5) is 11.7. The average Bonchev–Trinajstić information content (AvgIpc) is 2.47. The monoisotopic (exact) mass is 269 g/mol. The summed E-state index contributed by atoms with van der Waals surface area (Å²) in [7, 11) is 0. The molecule has 0 saturated carbocycles. The van der Waals surface area contributed by atoms with E-state index in [9.17, 15) is 4.79 Å². The van der Waals surface area contributed by atoms with Gasteiger partial charge in [0.15, 0.2) is 0 Å². The predicted octanol–water partition coefficient (Wildman–Crippen LogP) is 3.78. The second kappa shape index (κ2) is 6.75. The van der Waals surface area contributed by atoms with Crippen molar-refractivity contribution >= 4 is 11.7 Å². The molecule has 2 rings (SSSR count). The van der Waals surface area contributed by atoms with Gasteiger partial charge in [-0.1, -0.05) is 35.9 Å². The van der Waals surface area contributed by atoms with E-state index in [-0.39, 0.29) is 5.97 Å². The lowest BCUT2D eigenvalue weighted by Gasteiger charge is -2.08. The fourth-order valence-electron chi connectivity index (χ4n) is 1.88. The molecule has 0 unspecified atom stereocenters. The number of anilines is 1. The molecule has 0 bridgehead atoms. The molecule has 0 aliphatic rings. The Morgan fingerprint density at radius 1 is 1.15 bits per heavy atom. The number of esters is 1. The third kappa shape index (κ3) is 3.85. The fourth-order valence-corrected chi connectivity index (χ4v) is 1.88. The van der Waals surface area contributed by atoms with Gasteiger partial charge in [-0.25, -0.2) is 4.79 Å². The van der Waals surface area contributed by atoms with E-state index in [1.807, 2.05) is 18.2 Å². The molecule has 3 nitrogen and oxygen atoms in total. The first-order valence-corrected chi connectivity index (χ1v) is 6.75. The summed E-state index contributed by atoms with van der Waals surface area (Å²) in [6, 6.07) is 15.7. The SMILES string of the molecule is CCOC(=O)c1cccc(NCc2ccc(C)cc2)c1. The molecule has 0 amide bonds. The first kappa shape index (κ1) is 14.1. The van der Waals surface area contributed by atoms with Crippen molar-refractivity contribution in [3.8, 4) is 0 Å². The number of hydrogen-bond acceptors (Lipinski definition) is 3. The minimum absolute atomic E-state index is 0.286. The maximum absolute atomic E-state index is 11.7. The van der Waals surface area contributed by atoms with E-state index in [4.69, 9.17) is 4.74 Å². The van der Waals surface area contributed by atoms with Crippen LogP contribution in [-0.4, -0.2) is 12.6 Å². The number of carbonyl (C=O) groups is 1. The van der Waals surface area contributed by atoms with Crippen LogP contribution in [0.1, 0.15) is 28.4 Å². The zero-order valence-electron chi connectivity index (χ0n) is 11.8. The Kier molecular flexibility index (Phi) is 4.77. The molecule has 1 N–H and O–H groups in total. The minimum atomic E-state index is -0.286.